The highest BCUT2D eigenvalue weighted by molar-refractivity contribution is 5.92. The fourth-order valence-electron chi connectivity index (χ4n) is 3.03. The normalized spacial score (nSPS) is 21.1. The molecule has 1 heterocycles. The van der Waals surface area contributed by atoms with Gasteiger partial charge in [0, 0.05) is 24.6 Å². The summed E-state index contributed by atoms with van der Waals surface area (Å²) in [5.41, 5.74) is 1.42. The minimum absolute atomic E-state index is 0.00950. The summed E-state index contributed by atoms with van der Waals surface area (Å²) < 4.78 is 0. The van der Waals surface area contributed by atoms with E-state index in [0.29, 0.717) is 24.3 Å². The van der Waals surface area contributed by atoms with E-state index in [4.69, 9.17) is 0 Å². The summed E-state index contributed by atoms with van der Waals surface area (Å²) in [6.07, 6.45) is 1.71. The summed E-state index contributed by atoms with van der Waals surface area (Å²) in [7, 11) is 0. The molecule has 2 rings (SSSR count). The van der Waals surface area contributed by atoms with Crippen molar-refractivity contribution in [3.8, 4) is 0 Å². The van der Waals surface area contributed by atoms with Crippen LogP contribution in [0.1, 0.15) is 30.9 Å². The van der Waals surface area contributed by atoms with E-state index in [1.807, 2.05) is 6.92 Å². The number of nitrogens with one attached hydrogen (secondary N) is 1. The highest BCUT2D eigenvalue weighted by atomic mass is 16.6. The van der Waals surface area contributed by atoms with Crippen molar-refractivity contribution in [3.63, 3.8) is 0 Å². The molecule has 0 aromatic heterocycles. The number of likely N-dealkylation sites (tertiary alicyclic amines) is 1. The number of aryl methyl sites for hydroxylation is 1. The van der Waals surface area contributed by atoms with Crippen LogP contribution >= 0.6 is 0 Å². The lowest BCUT2D eigenvalue weighted by atomic mass is 9.83. The molecule has 7 nitrogen and oxygen atoms in total. The topological polar surface area (TPSA) is 95.7 Å². The zero-order valence-corrected chi connectivity index (χ0v) is 13.8. The number of nitro benzene ring substituents is 1. The molecule has 23 heavy (non-hydrogen) atoms. The van der Waals surface area contributed by atoms with Crippen LogP contribution in [-0.4, -0.2) is 40.7 Å². The van der Waals surface area contributed by atoms with Gasteiger partial charge in [-0.25, -0.2) is 4.79 Å². The van der Waals surface area contributed by atoms with Crippen LogP contribution in [0.25, 0.3) is 0 Å². The van der Waals surface area contributed by atoms with E-state index in [1.54, 1.807) is 24.8 Å². The van der Waals surface area contributed by atoms with Gasteiger partial charge in [0.2, 0.25) is 0 Å². The zero-order chi connectivity index (χ0) is 17.2. The molecule has 0 spiro atoms. The lowest BCUT2D eigenvalue weighted by Crippen LogP contribution is -2.48. The predicted octanol–water partition coefficient (Wildman–Crippen LogP) is 2.84. The van der Waals surface area contributed by atoms with Crippen LogP contribution in [0.4, 0.5) is 16.2 Å². The van der Waals surface area contributed by atoms with E-state index in [1.165, 1.54) is 6.07 Å². The number of piperidine rings is 1. The third-order valence-corrected chi connectivity index (χ3v) is 4.52. The van der Waals surface area contributed by atoms with E-state index < -0.39 is 4.92 Å². The summed E-state index contributed by atoms with van der Waals surface area (Å²) in [6, 6.07) is 2.80. The van der Waals surface area contributed by atoms with Crippen LogP contribution < -0.4 is 5.32 Å². The Hall–Kier alpha value is -2.15. The van der Waals surface area contributed by atoms with Crippen molar-refractivity contribution in [1.82, 2.24) is 4.90 Å². The Bertz CT molecular complexity index is 632. The van der Waals surface area contributed by atoms with Gasteiger partial charge in [-0.05, 0) is 32.3 Å². The summed E-state index contributed by atoms with van der Waals surface area (Å²) in [5, 5.41) is 23.3. The zero-order valence-electron chi connectivity index (χ0n) is 13.8. The van der Waals surface area contributed by atoms with Crippen LogP contribution in [0.15, 0.2) is 12.1 Å². The number of anilines is 1. The van der Waals surface area contributed by atoms with E-state index >= 15 is 0 Å². The minimum Gasteiger partial charge on any atom is -0.396 e. The Labute approximate surface area is 135 Å². The standard InChI is InChI=1S/C16H23N3O4/c1-11-5-6-13(19(22)23)12(2)14(11)17-15(21)18-8-4-7-16(3,9-18)10-20/h5-6,20H,4,7-10H2,1-3H3,(H,17,21). The maximum absolute atomic E-state index is 12.5. The largest absolute Gasteiger partial charge is 0.396 e. The average Bonchev–Trinajstić information content (AvgIpc) is 2.51. The Morgan fingerprint density at radius 1 is 1.48 bits per heavy atom. The molecule has 1 fully saturated rings. The molecule has 1 saturated heterocycles. The number of aliphatic hydroxyl groups is 1. The maximum atomic E-state index is 12.5. The first-order valence-corrected chi connectivity index (χ1v) is 7.69. The highest BCUT2D eigenvalue weighted by Gasteiger charge is 2.33. The third kappa shape index (κ3) is 3.61. The van der Waals surface area contributed by atoms with Gasteiger partial charge in [0.05, 0.1) is 22.8 Å². The molecule has 0 saturated carbocycles. The number of benzene rings is 1. The number of rotatable bonds is 3. The lowest BCUT2D eigenvalue weighted by molar-refractivity contribution is -0.385. The second-order valence-corrected chi connectivity index (χ2v) is 6.58. The number of carbonyl (C=O) groups excluding carboxylic acids is 1. The van der Waals surface area contributed by atoms with Crippen LogP contribution in [-0.2, 0) is 0 Å². The smallest absolute Gasteiger partial charge is 0.321 e. The molecule has 1 aromatic rings. The number of nitro groups is 1. The average molecular weight is 321 g/mol. The van der Waals surface area contributed by atoms with Gasteiger partial charge in [-0.1, -0.05) is 13.0 Å². The quantitative estimate of drug-likeness (QED) is 0.661. The summed E-state index contributed by atoms with van der Waals surface area (Å²) in [6.45, 7) is 6.52. The van der Waals surface area contributed by atoms with E-state index in [0.717, 1.165) is 18.4 Å². The molecule has 7 heteroatoms. The van der Waals surface area contributed by atoms with Gasteiger partial charge < -0.3 is 15.3 Å². The summed E-state index contributed by atoms with van der Waals surface area (Å²) in [5.74, 6) is 0. The Balaban J connectivity index is 2.20. The Morgan fingerprint density at radius 3 is 2.78 bits per heavy atom. The minimum atomic E-state index is -0.450. The fraction of sp³-hybridized carbons (Fsp3) is 0.562. The molecule has 1 atom stereocenters. The molecule has 2 amide bonds. The van der Waals surface area contributed by atoms with Crippen LogP contribution in [0.3, 0.4) is 0 Å². The lowest BCUT2D eigenvalue weighted by Gasteiger charge is -2.39. The Kier molecular flexibility index (Phi) is 4.89. The maximum Gasteiger partial charge on any atom is 0.321 e. The highest BCUT2D eigenvalue weighted by Crippen LogP contribution is 2.31. The summed E-state index contributed by atoms with van der Waals surface area (Å²) >= 11 is 0. The molecule has 1 unspecified atom stereocenters. The second-order valence-electron chi connectivity index (χ2n) is 6.58. The van der Waals surface area contributed by atoms with E-state index in [-0.39, 0.29) is 23.7 Å². The number of hydrogen-bond acceptors (Lipinski definition) is 4. The third-order valence-electron chi connectivity index (χ3n) is 4.52. The molecular formula is C16H23N3O4. The van der Waals surface area contributed by atoms with Gasteiger partial charge in [-0.3, -0.25) is 10.1 Å². The molecule has 2 N–H and O–H groups in total. The van der Waals surface area contributed by atoms with E-state index in [9.17, 15) is 20.0 Å². The van der Waals surface area contributed by atoms with Gasteiger partial charge in [-0.2, -0.15) is 0 Å². The molecule has 126 valence electrons. The van der Waals surface area contributed by atoms with Gasteiger partial charge in [0.1, 0.15) is 0 Å². The van der Waals surface area contributed by atoms with Crippen molar-refractivity contribution in [1.29, 1.82) is 0 Å². The summed E-state index contributed by atoms with van der Waals surface area (Å²) in [4.78, 5) is 24.8. The van der Waals surface area contributed by atoms with Gasteiger partial charge >= 0.3 is 6.03 Å². The monoisotopic (exact) mass is 321 g/mol. The number of carbonyl (C=O) groups is 1. The molecule has 1 aliphatic heterocycles. The number of nitrogens with zero attached hydrogens (tertiary/aromatic N) is 2. The van der Waals surface area contributed by atoms with Gasteiger partial charge in [0.25, 0.3) is 5.69 Å². The number of urea groups is 1. The number of aliphatic hydroxyl groups excluding tert-OH is 1. The van der Waals surface area contributed by atoms with Crippen LogP contribution in [0.5, 0.6) is 0 Å². The Morgan fingerprint density at radius 2 is 2.17 bits per heavy atom. The second kappa shape index (κ2) is 6.54. The van der Waals surface area contributed by atoms with Gasteiger partial charge in [0.15, 0.2) is 0 Å². The van der Waals surface area contributed by atoms with Crippen molar-refractivity contribution in [2.75, 3.05) is 25.0 Å². The molecule has 1 aromatic carbocycles. The molecule has 0 radical (unpaired) electrons. The predicted molar refractivity (Wildman–Crippen MR) is 87.6 cm³/mol. The van der Waals surface area contributed by atoms with Crippen LogP contribution in [0, 0.1) is 29.4 Å². The SMILES string of the molecule is Cc1ccc([N+](=O)[O-])c(C)c1NC(=O)N1CCCC(C)(CO)C1. The van der Waals surface area contributed by atoms with Crippen molar-refractivity contribution in [3.05, 3.63) is 33.4 Å². The fourth-order valence-corrected chi connectivity index (χ4v) is 3.03. The van der Waals surface area contributed by atoms with E-state index in [2.05, 4.69) is 5.32 Å². The first-order valence-electron chi connectivity index (χ1n) is 7.69. The van der Waals surface area contributed by atoms with Crippen molar-refractivity contribution >= 4 is 17.4 Å². The number of hydrogen-bond donors (Lipinski definition) is 2. The molecule has 1 aliphatic rings. The van der Waals surface area contributed by atoms with Crippen molar-refractivity contribution < 1.29 is 14.8 Å². The molecule has 0 aliphatic carbocycles. The first kappa shape index (κ1) is 17.2. The van der Waals surface area contributed by atoms with Gasteiger partial charge in [-0.15, -0.1) is 0 Å². The number of amides is 2. The molecular weight excluding hydrogens is 298 g/mol. The first-order chi connectivity index (χ1) is 10.8. The molecule has 0 bridgehead atoms. The van der Waals surface area contributed by atoms with Crippen molar-refractivity contribution in [2.24, 2.45) is 5.41 Å². The van der Waals surface area contributed by atoms with Crippen molar-refractivity contribution in [2.45, 2.75) is 33.6 Å². The van der Waals surface area contributed by atoms with Crippen LogP contribution in [0.2, 0.25) is 0 Å².